The molecule has 0 fully saturated rings. The van der Waals surface area contributed by atoms with Crippen LogP contribution in [0.4, 0.5) is 0 Å². The van der Waals surface area contributed by atoms with Crippen LogP contribution in [0.25, 0.3) is 0 Å². The van der Waals surface area contributed by atoms with Gasteiger partial charge in [0.1, 0.15) is 5.75 Å². The minimum Gasteiger partial charge on any atom is -0.494 e. The summed E-state index contributed by atoms with van der Waals surface area (Å²) in [6.07, 6.45) is 2.51. The number of carbonyl (C=O) groups is 1. The van der Waals surface area contributed by atoms with E-state index in [4.69, 9.17) is 16.3 Å². The van der Waals surface area contributed by atoms with Crippen LogP contribution in [0.5, 0.6) is 5.75 Å². The van der Waals surface area contributed by atoms with Gasteiger partial charge in [-0.25, -0.2) is 0 Å². The minimum absolute atomic E-state index is 0.0568. The van der Waals surface area contributed by atoms with Crippen molar-refractivity contribution in [1.29, 1.82) is 0 Å². The van der Waals surface area contributed by atoms with E-state index < -0.39 is 0 Å². The Balaban J connectivity index is 2.27. The summed E-state index contributed by atoms with van der Waals surface area (Å²) in [5.74, 6) is 0.846. The highest BCUT2D eigenvalue weighted by atomic mass is 35.5. The molecule has 0 radical (unpaired) electrons. The third-order valence-corrected chi connectivity index (χ3v) is 2.70. The van der Waals surface area contributed by atoms with Crippen LogP contribution in [-0.2, 0) is 4.79 Å². The number of benzene rings is 1. The molecule has 0 spiro atoms. The standard InChI is InChI=1S/C14H18ClNO2/c1-3-9-16(12(2)17)10-4-11-18-14-7-5-13(15)6-8-14/h3,5-8H,1,4,9-11H2,2H3. The molecular weight excluding hydrogens is 250 g/mol. The summed E-state index contributed by atoms with van der Waals surface area (Å²) in [7, 11) is 0. The SMILES string of the molecule is C=CCN(CCCOc1ccc(Cl)cc1)C(C)=O. The van der Waals surface area contributed by atoms with Crippen LogP contribution >= 0.6 is 11.6 Å². The normalized spacial score (nSPS) is 9.89. The second kappa shape index (κ2) is 7.77. The number of rotatable bonds is 7. The van der Waals surface area contributed by atoms with Gasteiger partial charge in [-0.1, -0.05) is 17.7 Å². The third-order valence-electron chi connectivity index (χ3n) is 2.45. The second-order valence-corrected chi connectivity index (χ2v) is 4.35. The summed E-state index contributed by atoms with van der Waals surface area (Å²) in [5, 5.41) is 0.691. The predicted octanol–water partition coefficient (Wildman–Crippen LogP) is 3.14. The van der Waals surface area contributed by atoms with Gasteiger partial charge in [0.25, 0.3) is 0 Å². The molecular formula is C14H18ClNO2. The number of hydrogen-bond donors (Lipinski definition) is 0. The van der Waals surface area contributed by atoms with E-state index in [1.54, 1.807) is 30.0 Å². The molecule has 3 nitrogen and oxygen atoms in total. The molecule has 98 valence electrons. The lowest BCUT2D eigenvalue weighted by Gasteiger charge is -2.19. The highest BCUT2D eigenvalue weighted by Crippen LogP contribution is 2.15. The van der Waals surface area contributed by atoms with Gasteiger partial charge in [0.05, 0.1) is 6.61 Å². The Labute approximate surface area is 113 Å². The molecule has 1 aromatic rings. The largest absolute Gasteiger partial charge is 0.494 e. The number of ether oxygens (including phenoxy) is 1. The van der Waals surface area contributed by atoms with Crippen LogP contribution in [0, 0.1) is 0 Å². The lowest BCUT2D eigenvalue weighted by Crippen LogP contribution is -2.30. The number of hydrogen-bond acceptors (Lipinski definition) is 2. The van der Waals surface area contributed by atoms with Gasteiger partial charge in [0.2, 0.25) is 5.91 Å². The molecule has 0 saturated heterocycles. The van der Waals surface area contributed by atoms with E-state index in [1.807, 2.05) is 12.1 Å². The second-order valence-electron chi connectivity index (χ2n) is 3.91. The fraction of sp³-hybridized carbons (Fsp3) is 0.357. The van der Waals surface area contributed by atoms with Crippen molar-refractivity contribution < 1.29 is 9.53 Å². The van der Waals surface area contributed by atoms with Crippen LogP contribution in [0.3, 0.4) is 0 Å². The summed E-state index contributed by atoms with van der Waals surface area (Å²) in [4.78, 5) is 13.0. The maximum Gasteiger partial charge on any atom is 0.219 e. The molecule has 0 atom stereocenters. The molecule has 18 heavy (non-hydrogen) atoms. The average molecular weight is 268 g/mol. The maximum absolute atomic E-state index is 11.3. The Hall–Kier alpha value is -1.48. The van der Waals surface area contributed by atoms with Crippen LogP contribution in [-0.4, -0.2) is 30.5 Å². The zero-order valence-electron chi connectivity index (χ0n) is 10.6. The van der Waals surface area contributed by atoms with Gasteiger partial charge in [0, 0.05) is 25.0 Å². The lowest BCUT2D eigenvalue weighted by atomic mass is 10.3. The first-order valence-corrected chi connectivity index (χ1v) is 6.26. The monoisotopic (exact) mass is 267 g/mol. The van der Waals surface area contributed by atoms with Crippen LogP contribution in [0.2, 0.25) is 5.02 Å². The summed E-state index contributed by atoms with van der Waals surface area (Å²) in [5.41, 5.74) is 0. The van der Waals surface area contributed by atoms with Gasteiger partial charge in [-0.05, 0) is 30.7 Å². The quantitative estimate of drug-likeness (QED) is 0.561. The highest BCUT2D eigenvalue weighted by molar-refractivity contribution is 6.30. The molecule has 0 N–H and O–H groups in total. The van der Waals surface area contributed by atoms with E-state index in [0.29, 0.717) is 24.7 Å². The molecule has 0 aliphatic rings. The first-order chi connectivity index (χ1) is 8.63. The van der Waals surface area contributed by atoms with Gasteiger partial charge >= 0.3 is 0 Å². The van der Waals surface area contributed by atoms with E-state index in [2.05, 4.69) is 6.58 Å². The van der Waals surface area contributed by atoms with Crippen molar-refractivity contribution >= 4 is 17.5 Å². The zero-order chi connectivity index (χ0) is 13.4. The maximum atomic E-state index is 11.3. The predicted molar refractivity (Wildman–Crippen MR) is 74.0 cm³/mol. The van der Waals surface area contributed by atoms with Gasteiger partial charge < -0.3 is 9.64 Å². The number of carbonyl (C=O) groups excluding carboxylic acids is 1. The Morgan fingerprint density at radius 3 is 2.67 bits per heavy atom. The molecule has 4 heteroatoms. The first kappa shape index (κ1) is 14.6. The zero-order valence-corrected chi connectivity index (χ0v) is 11.3. The van der Waals surface area contributed by atoms with Crippen LogP contribution in [0.1, 0.15) is 13.3 Å². The number of amides is 1. The summed E-state index contributed by atoms with van der Waals surface area (Å²) >= 11 is 5.78. The molecule has 1 aromatic carbocycles. The molecule has 0 bridgehead atoms. The van der Waals surface area contributed by atoms with Crippen molar-refractivity contribution in [2.45, 2.75) is 13.3 Å². The van der Waals surface area contributed by atoms with Crippen molar-refractivity contribution in [3.63, 3.8) is 0 Å². The van der Waals surface area contributed by atoms with Crippen molar-refractivity contribution in [3.8, 4) is 5.75 Å². The Kier molecular flexibility index (Phi) is 6.29. The fourth-order valence-electron chi connectivity index (χ4n) is 1.51. The van der Waals surface area contributed by atoms with Crippen molar-refractivity contribution in [2.75, 3.05) is 19.7 Å². The Morgan fingerprint density at radius 2 is 2.11 bits per heavy atom. The van der Waals surface area contributed by atoms with E-state index in [9.17, 15) is 4.79 Å². The topological polar surface area (TPSA) is 29.5 Å². The molecule has 0 saturated carbocycles. The van der Waals surface area contributed by atoms with E-state index in [1.165, 1.54) is 0 Å². The number of nitrogens with zero attached hydrogens (tertiary/aromatic N) is 1. The van der Waals surface area contributed by atoms with Crippen molar-refractivity contribution in [1.82, 2.24) is 4.90 Å². The Bertz CT molecular complexity index is 389. The molecule has 0 heterocycles. The average Bonchev–Trinajstić information content (AvgIpc) is 2.35. The third kappa shape index (κ3) is 5.23. The van der Waals surface area contributed by atoms with E-state index >= 15 is 0 Å². The summed E-state index contributed by atoms with van der Waals surface area (Å²) in [6.45, 7) is 7.02. The van der Waals surface area contributed by atoms with E-state index in [0.717, 1.165) is 12.2 Å². The van der Waals surface area contributed by atoms with Gasteiger partial charge in [-0.15, -0.1) is 6.58 Å². The molecule has 1 rings (SSSR count). The minimum atomic E-state index is 0.0568. The van der Waals surface area contributed by atoms with Crippen LogP contribution in [0.15, 0.2) is 36.9 Å². The number of halogens is 1. The van der Waals surface area contributed by atoms with E-state index in [-0.39, 0.29) is 5.91 Å². The molecule has 0 aliphatic carbocycles. The van der Waals surface area contributed by atoms with Gasteiger partial charge in [-0.2, -0.15) is 0 Å². The first-order valence-electron chi connectivity index (χ1n) is 5.88. The molecule has 0 aliphatic heterocycles. The fourth-order valence-corrected chi connectivity index (χ4v) is 1.64. The van der Waals surface area contributed by atoms with Gasteiger partial charge in [0.15, 0.2) is 0 Å². The smallest absolute Gasteiger partial charge is 0.219 e. The van der Waals surface area contributed by atoms with Crippen molar-refractivity contribution in [2.24, 2.45) is 0 Å². The summed E-state index contributed by atoms with van der Waals surface area (Å²) in [6, 6.07) is 7.23. The lowest BCUT2D eigenvalue weighted by molar-refractivity contribution is -0.128. The Morgan fingerprint density at radius 1 is 1.44 bits per heavy atom. The molecule has 0 aromatic heterocycles. The molecule has 0 unspecified atom stereocenters. The van der Waals surface area contributed by atoms with Gasteiger partial charge in [-0.3, -0.25) is 4.79 Å². The molecule has 1 amide bonds. The van der Waals surface area contributed by atoms with Crippen LogP contribution < -0.4 is 4.74 Å². The summed E-state index contributed by atoms with van der Waals surface area (Å²) < 4.78 is 5.55. The van der Waals surface area contributed by atoms with Crippen molar-refractivity contribution in [3.05, 3.63) is 41.9 Å². The highest BCUT2D eigenvalue weighted by Gasteiger charge is 2.05.